The third kappa shape index (κ3) is 3.59. The molecule has 0 saturated carbocycles. The molecule has 1 nitrogen and oxygen atoms in total. The topological polar surface area (TPSA) is 20.2 Å². The lowest BCUT2D eigenvalue weighted by molar-refractivity contribution is 0.217. The number of halogens is 2. The van der Waals surface area contributed by atoms with E-state index in [4.69, 9.17) is 5.11 Å². The highest BCUT2D eigenvalue weighted by Gasteiger charge is 2.09. The maximum Gasteiger partial charge on any atom is 0.159 e. The summed E-state index contributed by atoms with van der Waals surface area (Å²) in [5, 5.41) is 9.07. The Labute approximate surface area is 88.7 Å². The molecule has 0 amide bonds. The average molecular weight is 214 g/mol. The van der Waals surface area contributed by atoms with Gasteiger partial charge in [0.15, 0.2) is 11.6 Å². The fourth-order valence-electron chi connectivity index (χ4n) is 1.67. The van der Waals surface area contributed by atoms with Gasteiger partial charge in [0.1, 0.15) is 0 Å². The summed E-state index contributed by atoms with van der Waals surface area (Å²) in [5.74, 6) is -1.50. The maximum atomic E-state index is 12.9. The molecule has 15 heavy (non-hydrogen) atoms. The third-order valence-corrected chi connectivity index (χ3v) is 2.46. The van der Waals surface area contributed by atoms with E-state index < -0.39 is 11.6 Å². The fourth-order valence-corrected chi connectivity index (χ4v) is 1.67. The van der Waals surface area contributed by atoms with Gasteiger partial charge in [0, 0.05) is 6.61 Å². The molecule has 0 spiro atoms. The van der Waals surface area contributed by atoms with Crippen molar-refractivity contribution in [3.8, 4) is 0 Å². The third-order valence-electron chi connectivity index (χ3n) is 2.46. The van der Waals surface area contributed by atoms with Crippen LogP contribution in [0.15, 0.2) is 18.2 Å². The molecule has 0 aliphatic carbocycles. The summed E-state index contributed by atoms with van der Waals surface area (Å²) in [6.07, 6.45) is 2.48. The van der Waals surface area contributed by atoms with Crippen molar-refractivity contribution < 1.29 is 13.9 Å². The molecule has 3 heteroatoms. The number of benzene rings is 1. The molecule has 0 fully saturated rings. The number of aliphatic hydroxyl groups is 1. The predicted molar refractivity (Wildman–Crippen MR) is 55.5 cm³/mol. The fraction of sp³-hybridized carbons (Fsp3) is 0.500. The van der Waals surface area contributed by atoms with Gasteiger partial charge >= 0.3 is 0 Å². The van der Waals surface area contributed by atoms with E-state index in [9.17, 15) is 8.78 Å². The normalized spacial score (nSPS) is 12.8. The number of rotatable bonds is 5. The van der Waals surface area contributed by atoms with Crippen molar-refractivity contribution in [1.82, 2.24) is 0 Å². The molecule has 1 rings (SSSR count). The molecule has 0 bridgehead atoms. The van der Waals surface area contributed by atoms with E-state index in [1.54, 1.807) is 6.07 Å². The first-order chi connectivity index (χ1) is 7.17. The van der Waals surface area contributed by atoms with E-state index in [0.29, 0.717) is 6.42 Å². The summed E-state index contributed by atoms with van der Waals surface area (Å²) >= 11 is 0. The van der Waals surface area contributed by atoms with Crippen LogP contribution in [0.1, 0.15) is 25.3 Å². The van der Waals surface area contributed by atoms with Crippen molar-refractivity contribution >= 4 is 0 Å². The molecule has 1 atom stereocenters. The average Bonchev–Trinajstić information content (AvgIpc) is 2.23. The molecule has 1 aromatic carbocycles. The molecule has 0 heterocycles. The predicted octanol–water partition coefficient (Wildman–Crippen LogP) is 2.92. The van der Waals surface area contributed by atoms with Crippen LogP contribution in [0.25, 0.3) is 0 Å². The molecule has 0 saturated heterocycles. The van der Waals surface area contributed by atoms with E-state index in [1.165, 1.54) is 6.07 Å². The molecule has 0 radical (unpaired) electrons. The van der Waals surface area contributed by atoms with Gasteiger partial charge in [-0.2, -0.15) is 0 Å². The summed E-state index contributed by atoms with van der Waals surface area (Å²) < 4.78 is 25.5. The highest BCUT2D eigenvalue weighted by atomic mass is 19.2. The molecular weight excluding hydrogens is 198 g/mol. The Morgan fingerprint density at radius 3 is 2.53 bits per heavy atom. The number of hydrogen-bond acceptors (Lipinski definition) is 1. The Kier molecular flexibility index (Phi) is 4.69. The highest BCUT2D eigenvalue weighted by molar-refractivity contribution is 5.18. The number of aliphatic hydroxyl groups excluding tert-OH is 1. The molecule has 1 aromatic rings. The van der Waals surface area contributed by atoms with Crippen LogP contribution in [-0.2, 0) is 6.42 Å². The maximum absolute atomic E-state index is 12.9. The van der Waals surface area contributed by atoms with Crippen LogP contribution in [0.3, 0.4) is 0 Å². The van der Waals surface area contributed by atoms with E-state index in [1.807, 2.05) is 6.92 Å². The summed E-state index contributed by atoms with van der Waals surface area (Å²) in [5.41, 5.74) is 0.737. The zero-order valence-corrected chi connectivity index (χ0v) is 8.84. The van der Waals surface area contributed by atoms with Gasteiger partial charge in [-0.25, -0.2) is 8.78 Å². The second kappa shape index (κ2) is 5.81. The van der Waals surface area contributed by atoms with Crippen LogP contribution >= 0.6 is 0 Å². The first kappa shape index (κ1) is 12.1. The van der Waals surface area contributed by atoms with E-state index in [0.717, 1.165) is 24.5 Å². The minimum Gasteiger partial charge on any atom is -0.396 e. The lowest BCUT2D eigenvalue weighted by atomic mass is 9.96. The van der Waals surface area contributed by atoms with Crippen LogP contribution in [0.4, 0.5) is 8.78 Å². The minimum absolute atomic E-state index is 0.0901. The van der Waals surface area contributed by atoms with Crippen LogP contribution in [0.2, 0.25) is 0 Å². The SMILES string of the molecule is CCCC(CO)Cc1ccc(F)c(F)c1. The van der Waals surface area contributed by atoms with Gasteiger partial charge in [-0.1, -0.05) is 19.4 Å². The number of hydrogen-bond donors (Lipinski definition) is 1. The Bertz CT molecular complexity index is 312. The summed E-state index contributed by atoms with van der Waals surface area (Å²) in [4.78, 5) is 0. The monoisotopic (exact) mass is 214 g/mol. The molecular formula is C12H16F2O. The summed E-state index contributed by atoms with van der Waals surface area (Å²) in [6.45, 7) is 2.13. The lowest BCUT2D eigenvalue weighted by Gasteiger charge is -2.12. The summed E-state index contributed by atoms with van der Waals surface area (Å²) in [6, 6.07) is 3.90. The first-order valence-electron chi connectivity index (χ1n) is 5.22. The van der Waals surface area contributed by atoms with Crippen LogP contribution in [0, 0.1) is 17.6 Å². The van der Waals surface area contributed by atoms with Crippen molar-refractivity contribution in [3.05, 3.63) is 35.4 Å². The standard InChI is InChI=1S/C12H16F2O/c1-2-3-10(8-15)6-9-4-5-11(13)12(14)7-9/h4-5,7,10,15H,2-3,6,8H2,1H3. The van der Waals surface area contributed by atoms with Crippen LogP contribution in [0.5, 0.6) is 0 Å². The van der Waals surface area contributed by atoms with E-state index in [2.05, 4.69) is 0 Å². The van der Waals surface area contributed by atoms with Crippen molar-refractivity contribution in [2.75, 3.05) is 6.61 Å². The van der Waals surface area contributed by atoms with Gasteiger partial charge in [-0.3, -0.25) is 0 Å². The molecule has 1 N–H and O–H groups in total. The van der Waals surface area contributed by atoms with Gasteiger partial charge in [-0.15, -0.1) is 0 Å². The quantitative estimate of drug-likeness (QED) is 0.799. The zero-order valence-electron chi connectivity index (χ0n) is 8.84. The van der Waals surface area contributed by atoms with Crippen molar-refractivity contribution in [1.29, 1.82) is 0 Å². The highest BCUT2D eigenvalue weighted by Crippen LogP contribution is 2.16. The second-order valence-electron chi connectivity index (χ2n) is 3.79. The summed E-state index contributed by atoms with van der Waals surface area (Å²) in [7, 11) is 0. The van der Waals surface area contributed by atoms with E-state index >= 15 is 0 Å². The van der Waals surface area contributed by atoms with Gasteiger partial charge in [-0.05, 0) is 36.5 Å². The first-order valence-corrected chi connectivity index (χ1v) is 5.22. The van der Waals surface area contributed by atoms with E-state index in [-0.39, 0.29) is 12.5 Å². The van der Waals surface area contributed by atoms with Gasteiger partial charge in [0.2, 0.25) is 0 Å². The Morgan fingerprint density at radius 2 is 2.00 bits per heavy atom. The van der Waals surface area contributed by atoms with Gasteiger partial charge < -0.3 is 5.11 Å². The van der Waals surface area contributed by atoms with Crippen molar-refractivity contribution in [2.45, 2.75) is 26.2 Å². The smallest absolute Gasteiger partial charge is 0.159 e. The Balaban J connectivity index is 2.66. The van der Waals surface area contributed by atoms with Crippen LogP contribution in [-0.4, -0.2) is 11.7 Å². The molecule has 0 aliphatic heterocycles. The molecule has 1 unspecified atom stereocenters. The van der Waals surface area contributed by atoms with Gasteiger partial charge in [0.05, 0.1) is 0 Å². The molecule has 0 aromatic heterocycles. The molecule has 84 valence electrons. The Morgan fingerprint density at radius 1 is 1.27 bits per heavy atom. The molecule has 0 aliphatic rings. The van der Waals surface area contributed by atoms with Crippen molar-refractivity contribution in [3.63, 3.8) is 0 Å². The largest absolute Gasteiger partial charge is 0.396 e. The second-order valence-corrected chi connectivity index (χ2v) is 3.79. The van der Waals surface area contributed by atoms with Crippen LogP contribution < -0.4 is 0 Å². The van der Waals surface area contributed by atoms with Gasteiger partial charge in [0.25, 0.3) is 0 Å². The zero-order chi connectivity index (χ0) is 11.3. The Hall–Kier alpha value is -0.960. The lowest BCUT2D eigenvalue weighted by Crippen LogP contribution is -2.09. The van der Waals surface area contributed by atoms with Crippen molar-refractivity contribution in [2.24, 2.45) is 5.92 Å². The minimum atomic E-state index is -0.824.